The highest BCUT2D eigenvalue weighted by molar-refractivity contribution is 5.76. The molecule has 1 saturated heterocycles. The van der Waals surface area contributed by atoms with Crippen molar-refractivity contribution in [1.82, 2.24) is 5.32 Å². The molecular formula is C77H133NO8. The number of ether oxygens (including phenoxy) is 2. The molecule has 7 atom stereocenters. The predicted molar refractivity (Wildman–Crippen MR) is 368 cm³/mol. The minimum absolute atomic E-state index is 0.193. The largest absolute Gasteiger partial charge is 0.394 e. The molecule has 1 rings (SSSR count). The zero-order valence-electron chi connectivity index (χ0n) is 55.3. The van der Waals surface area contributed by atoms with Gasteiger partial charge in [-0.15, -0.1) is 0 Å². The highest BCUT2D eigenvalue weighted by Gasteiger charge is 2.44. The number of aliphatic hydroxyl groups is 5. The van der Waals surface area contributed by atoms with E-state index >= 15 is 0 Å². The van der Waals surface area contributed by atoms with Gasteiger partial charge in [0.15, 0.2) is 6.29 Å². The number of unbranched alkanes of at least 4 members (excludes halogenated alkanes) is 33. The van der Waals surface area contributed by atoms with E-state index in [0.717, 1.165) is 103 Å². The summed E-state index contributed by atoms with van der Waals surface area (Å²) in [6, 6.07) is -0.834. The molecule has 0 aromatic rings. The van der Waals surface area contributed by atoms with Crippen LogP contribution >= 0.6 is 0 Å². The predicted octanol–water partition coefficient (Wildman–Crippen LogP) is 19.8. The molecule has 0 spiro atoms. The van der Waals surface area contributed by atoms with E-state index in [1.807, 2.05) is 6.08 Å². The van der Waals surface area contributed by atoms with Gasteiger partial charge >= 0.3 is 0 Å². The van der Waals surface area contributed by atoms with Crippen LogP contribution < -0.4 is 5.32 Å². The Kier molecular flexibility index (Phi) is 60.5. The van der Waals surface area contributed by atoms with E-state index in [1.165, 1.54) is 180 Å². The van der Waals surface area contributed by atoms with Crippen LogP contribution in [-0.2, 0) is 14.3 Å². The van der Waals surface area contributed by atoms with Gasteiger partial charge in [0.25, 0.3) is 0 Å². The van der Waals surface area contributed by atoms with E-state index in [0.29, 0.717) is 6.42 Å². The van der Waals surface area contributed by atoms with Crippen molar-refractivity contribution in [2.45, 2.75) is 346 Å². The second kappa shape index (κ2) is 64.6. The first-order valence-corrected chi connectivity index (χ1v) is 35.8. The van der Waals surface area contributed by atoms with Crippen LogP contribution in [0.2, 0.25) is 0 Å². The average molecular weight is 1200 g/mol. The van der Waals surface area contributed by atoms with Crippen LogP contribution in [0.3, 0.4) is 0 Å². The topological polar surface area (TPSA) is 149 Å². The molecule has 0 aliphatic carbocycles. The number of hydrogen-bond donors (Lipinski definition) is 6. The van der Waals surface area contributed by atoms with E-state index in [2.05, 4.69) is 129 Å². The van der Waals surface area contributed by atoms with E-state index in [4.69, 9.17) is 9.47 Å². The molecule has 494 valence electrons. The van der Waals surface area contributed by atoms with Gasteiger partial charge in [0, 0.05) is 6.42 Å². The molecular weight excluding hydrogens is 1070 g/mol. The number of aliphatic hydroxyl groups excluding tert-OH is 5. The number of nitrogens with one attached hydrogen (secondary N) is 1. The molecule has 9 nitrogen and oxygen atoms in total. The van der Waals surface area contributed by atoms with Gasteiger partial charge in [-0.25, -0.2) is 0 Å². The molecule has 0 aromatic carbocycles. The van der Waals surface area contributed by atoms with Crippen molar-refractivity contribution in [2.75, 3.05) is 13.2 Å². The van der Waals surface area contributed by atoms with Crippen molar-refractivity contribution >= 4 is 5.91 Å². The first kappa shape index (κ1) is 80.6. The van der Waals surface area contributed by atoms with Gasteiger partial charge in [-0.1, -0.05) is 322 Å². The van der Waals surface area contributed by atoms with Crippen molar-refractivity contribution < 1.29 is 39.8 Å². The molecule has 1 fully saturated rings. The number of rotatable bonds is 61. The summed E-state index contributed by atoms with van der Waals surface area (Å²) in [5, 5.41) is 54.8. The van der Waals surface area contributed by atoms with Gasteiger partial charge in [0.1, 0.15) is 24.4 Å². The lowest BCUT2D eigenvalue weighted by molar-refractivity contribution is -0.302. The van der Waals surface area contributed by atoms with Crippen molar-refractivity contribution in [1.29, 1.82) is 0 Å². The van der Waals surface area contributed by atoms with Crippen LogP contribution in [-0.4, -0.2) is 87.5 Å². The van der Waals surface area contributed by atoms with Crippen LogP contribution in [0.15, 0.2) is 122 Å². The highest BCUT2D eigenvalue weighted by Crippen LogP contribution is 2.23. The molecule has 0 saturated carbocycles. The van der Waals surface area contributed by atoms with Gasteiger partial charge in [-0.2, -0.15) is 0 Å². The summed E-state index contributed by atoms with van der Waals surface area (Å²) in [6.45, 7) is 3.67. The molecule has 86 heavy (non-hydrogen) atoms. The van der Waals surface area contributed by atoms with Crippen molar-refractivity contribution in [3.8, 4) is 0 Å². The van der Waals surface area contributed by atoms with Crippen LogP contribution in [0.5, 0.6) is 0 Å². The fraction of sp³-hybridized carbons (Fsp3) is 0.727. The number of amides is 1. The van der Waals surface area contributed by atoms with E-state index in [1.54, 1.807) is 6.08 Å². The quantitative estimate of drug-likeness (QED) is 0.0261. The first-order valence-electron chi connectivity index (χ1n) is 35.8. The minimum Gasteiger partial charge on any atom is -0.394 e. The highest BCUT2D eigenvalue weighted by atomic mass is 16.7. The summed E-state index contributed by atoms with van der Waals surface area (Å²) in [6.07, 6.45) is 90.1. The number of hydrogen-bond acceptors (Lipinski definition) is 8. The Labute approximate surface area is 528 Å². The Balaban J connectivity index is 2.17. The SMILES string of the molecule is CC/C=C\C/C=C\C/C=C\C/C=C\C/C=C\C/C=C\C/C=C\C/C=C\CCCCCCCCCCCCC(=O)NC(COC1OC(CO)C(O)C(O)C1O)C(O)/C=C/CC/C=C/CCCCCCCCCCCCCCCCCCCCCCCC. The van der Waals surface area contributed by atoms with Crippen molar-refractivity contribution in [3.05, 3.63) is 122 Å². The number of carbonyl (C=O) groups excluding carboxylic acids is 1. The fourth-order valence-electron chi connectivity index (χ4n) is 10.7. The van der Waals surface area contributed by atoms with Gasteiger partial charge in [-0.05, 0) is 96.3 Å². The Morgan fingerprint density at radius 2 is 0.733 bits per heavy atom. The Morgan fingerprint density at radius 3 is 1.12 bits per heavy atom. The maximum atomic E-state index is 13.1. The molecule has 1 amide bonds. The van der Waals surface area contributed by atoms with Crippen molar-refractivity contribution in [3.63, 3.8) is 0 Å². The Hall–Kier alpha value is -3.41. The maximum absolute atomic E-state index is 13.1. The van der Waals surface area contributed by atoms with Gasteiger partial charge in [-0.3, -0.25) is 4.79 Å². The van der Waals surface area contributed by atoms with Crippen LogP contribution in [0.25, 0.3) is 0 Å². The third kappa shape index (κ3) is 52.5. The normalized spacial score (nSPS) is 18.8. The minimum atomic E-state index is -1.58. The van der Waals surface area contributed by atoms with Crippen LogP contribution in [0.4, 0.5) is 0 Å². The number of allylic oxidation sites excluding steroid dienone is 19. The van der Waals surface area contributed by atoms with Gasteiger partial charge in [0.2, 0.25) is 5.91 Å². The molecule has 1 aliphatic heterocycles. The summed E-state index contributed by atoms with van der Waals surface area (Å²) < 4.78 is 11.3. The number of carbonyl (C=O) groups is 1. The molecule has 1 aliphatic rings. The summed E-state index contributed by atoms with van der Waals surface area (Å²) in [4.78, 5) is 13.1. The summed E-state index contributed by atoms with van der Waals surface area (Å²) in [7, 11) is 0. The molecule has 0 radical (unpaired) electrons. The molecule has 7 unspecified atom stereocenters. The second-order valence-electron chi connectivity index (χ2n) is 24.3. The summed E-state index contributed by atoms with van der Waals surface area (Å²) >= 11 is 0. The molecule has 9 heteroatoms. The monoisotopic (exact) mass is 1200 g/mol. The molecule has 6 N–H and O–H groups in total. The lowest BCUT2D eigenvalue weighted by Gasteiger charge is -2.40. The van der Waals surface area contributed by atoms with E-state index in [-0.39, 0.29) is 12.5 Å². The lowest BCUT2D eigenvalue weighted by Crippen LogP contribution is -2.60. The zero-order chi connectivity index (χ0) is 62.1. The van der Waals surface area contributed by atoms with Gasteiger partial charge < -0.3 is 40.3 Å². The van der Waals surface area contributed by atoms with Crippen molar-refractivity contribution in [2.24, 2.45) is 0 Å². The third-order valence-corrected chi connectivity index (χ3v) is 16.3. The molecule has 1 heterocycles. The fourth-order valence-corrected chi connectivity index (χ4v) is 10.7. The summed E-state index contributed by atoms with van der Waals surface area (Å²) in [5.74, 6) is -0.193. The maximum Gasteiger partial charge on any atom is 0.220 e. The van der Waals surface area contributed by atoms with E-state index < -0.39 is 49.5 Å². The second-order valence-corrected chi connectivity index (χ2v) is 24.3. The van der Waals surface area contributed by atoms with E-state index in [9.17, 15) is 30.3 Å². The van der Waals surface area contributed by atoms with Gasteiger partial charge in [0.05, 0.1) is 25.4 Å². The lowest BCUT2D eigenvalue weighted by atomic mass is 9.99. The smallest absolute Gasteiger partial charge is 0.220 e. The molecule has 0 aromatic heterocycles. The van der Waals surface area contributed by atoms with Crippen LogP contribution in [0, 0.1) is 0 Å². The third-order valence-electron chi connectivity index (χ3n) is 16.3. The average Bonchev–Trinajstić information content (AvgIpc) is 3.65. The standard InChI is InChI=1S/C77H133NO8/c1-3-5-7-9-11-13-15-17-19-21-23-25-27-29-31-33-34-35-36-37-38-39-41-43-45-47-49-51-53-55-57-59-61-63-65-67-73(81)78-70(69-85-77-76(84)75(83)74(82)72(68-79)86-77)71(80)66-64-62-60-58-56-54-52-50-48-46-44-42-40-32-30-28-26-24-22-20-18-16-14-12-10-8-6-4-2/h5,7,11,13,17,19,23,25,29,31,34-35,37-38,41,43,56,58,64,66,70-72,74-77,79-80,82-84H,3-4,6,8-10,12,14-16,18,20-22,24,26-28,30,32-33,36,39-40,42,44-55,57,59-63,65,67-69H2,1-2H3,(H,78,81)/b7-5-,13-11-,19-17-,25-23-,31-29-,35-34-,38-37-,43-41-,58-56+,66-64+. The summed E-state index contributed by atoms with van der Waals surface area (Å²) in [5.41, 5.74) is 0. The first-order chi connectivity index (χ1) is 42.3. The van der Waals surface area contributed by atoms with Crippen LogP contribution in [0.1, 0.15) is 303 Å². The molecule has 0 bridgehead atoms. The Bertz CT molecular complexity index is 1780. The zero-order valence-corrected chi connectivity index (χ0v) is 55.3. The Morgan fingerprint density at radius 1 is 0.407 bits per heavy atom.